The van der Waals surface area contributed by atoms with E-state index >= 15 is 0 Å². The molecule has 444 valence electrons. The summed E-state index contributed by atoms with van der Waals surface area (Å²) < 4.78 is 43.1. The SMILES string of the molecule is CCc1c2c(nc3ccc(OCc4ccc(NC(=O)[C@H](C)NC(=O)[C@@H](NC(=O)CCCC#Cc5cnc(S(C)(=O)=O)nc5)C(C)C)cc4CN(CC)C(=O)OC4c5ccccc5-c5ccccc54)cc13)-c1cc3c(c(=O)n1C2)COC(=O)[C@]3(O)CC. The fourth-order valence-corrected chi connectivity index (χ4v) is 11.7. The second kappa shape index (κ2) is 24.8. The van der Waals surface area contributed by atoms with Crippen molar-refractivity contribution >= 4 is 56.2 Å². The number of amides is 4. The molecule has 86 heavy (non-hydrogen) atoms. The lowest BCUT2D eigenvalue weighted by Crippen LogP contribution is -2.53. The minimum atomic E-state index is -3.55. The van der Waals surface area contributed by atoms with Crippen molar-refractivity contribution < 1.29 is 51.7 Å². The summed E-state index contributed by atoms with van der Waals surface area (Å²) in [5, 5.41) is 20.4. The molecule has 2 aliphatic heterocycles. The predicted molar refractivity (Wildman–Crippen MR) is 320 cm³/mol. The Balaban J connectivity index is 0.854. The molecule has 0 spiro atoms. The summed E-state index contributed by atoms with van der Waals surface area (Å²) in [6.07, 6.45) is 3.86. The molecule has 3 atom stereocenters. The number of hydrogen-bond acceptors (Lipinski definition) is 15. The van der Waals surface area contributed by atoms with E-state index in [4.69, 9.17) is 19.2 Å². The second-order valence-corrected chi connectivity index (χ2v) is 23.9. The Bertz CT molecular complexity index is 4070. The zero-order valence-electron chi connectivity index (χ0n) is 48.8. The number of fused-ring (bicyclic) bond motifs is 8. The first-order chi connectivity index (χ1) is 41.2. The summed E-state index contributed by atoms with van der Waals surface area (Å²) in [6.45, 7) is 11.0. The second-order valence-electron chi connectivity index (χ2n) is 22.0. The number of esters is 1. The Labute approximate surface area is 497 Å². The zero-order chi connectivity index (χ0) is 61.2. The van der Waals surface area contributed by atoms with Crippen LogP contribution in [0.1, 0.15) is 123 Å². The molecule has 0 fully saturated rings. The third kappa shape index (κ3) is 12.0. The van der Waals surface area contributed by atoms with Crippen LogP contribution in [0.25, 0.3) is 33.4 Å². The third-order valence-electron chi connectivity index (χ3n) is 15.9. The molecule has 21 heteroatoms. The molecule has 4 aromatic carbocycles. The number of pyridine rings is 2. The molecule has 3 aliphatic rings. The first-order valence-electron chi connectivity index (χ1n) is 28.6. The van der Waals surface area contributed by atoms with Crippen LogP contribution in [-0.2, 0) is 76.8 Å². The highest BCUT2D eigenvalue weighted by atomic mass is 32.2. The number of aromatic nitrogens is 4. The molecule has 10 rings (SSSR count). The minimum Gasteiger partial charge on any atom is -0.489 e. The number of cyclic esters (lactones) is 1. The fourth-order valence-electron chi connectivity index (χ4n) is 11.2. The predicted octanol–water partition coefficient (Wildman–Crippen LogP) is 7.95. The van der Waals surface area contributed by atoms with Gasteiger partial charge in [0.2, 0.25) is 32.7 Å². The van der Waals surface area contributed by atoms with Crippen LogP contribution in [0.15, 0.2) is 113 Å². The van der Waals surface area contributed by atoms with Gasteiger partial charge < -0.3 is 44.7 Å². The van der Waals surface area contributed by atoms with Gasteiger partial charge in [-0.25, -0.2) is 33.0 Å². The lowest BCUT2D eigenvalue weighted by atomic mass is 9.86. The summed E-state index contributed by atoms with van der Waals surface area (Å²) in [7, 11) is -3.55. The van der Waals surface area contributed by atoms with Gasteiger partial charge in [0.05, 0.1) is 34.6 Å². The molecule has 20 nitrogen and oxygen atoms in total. The largest absolute Gasteiger partial charge is 0.489 e. The standard InChI is InChI=1S/C65H66N8O12S/c1-8-44-49-29-43(26-27-53(49)70-57-50(44)34-73-54(57)30-52-51(61(73)77)36-84-62(78)65(52,80)9-2)83-35-40-24-25-42(28-41(40)33-72(10-3)64(79)85-58-47-21-16-14-19-45(47)46-20-15-17-22-48(46)58)69-59(75)38(6)68-60(76)56(37(4)5)71-55(74)23-13-11-12-18-39-31-66-63(67-32-39)86(7,81)82/h14-17,19-22,24-32,37-38,56,58,80H,8-11,13,23,33-36H2,1-7H3,(H,68,76)(H,69,75)(H,71,74)/t38-,56-,65-/m0/s1. The van der Waals surface area contributed by atoms with Gasteiger partial charge in [-0.15, -0.1) is 0 Å². The van der Waals surface area contributed by atoms with Crippen LogP contribution in [0.4, 0.5) is 10.5 Å². The van der Waals surface area contributed by atoms with Crippen molar-refractivity contribution in [3.63, 3.8) is 0 Å². The Morgan fingerprint density at radius 3 is 2.26 bits per heavy atom. The van der Waals surface area contributed by atoms with Crippen molar-refractivity contribution in [2.45, 2.75) is 129 Å². The van der Waals surface area contributed by atoms with Crippen molar-refractivity contribution in [3.8, 4) is 40.1 Å². The van der Waals surface area contributed by atoms with Crippen molar-refractivity contribution in [2.75, 3.05) is 18.1 Å². The number of carbonyl (C=O) groups is 5. The van der Waals surface area contributed by atoms with Crippen LogP contribution in [0.3, 0.4) is 0 Å². The summed E-state index contributed by atoms with van der Waals surface area (Å²) in [5.41, 5.74) is 7.64. The van der Waals surface area contributed by atoms with Crippen molar-refractivity contribution in [1.29, 1.82) is 0 Å². The van der Waals surface area contributed by atoms with Crippen LogP contribution >= 0.6 is 0 Å². The van der Waals surface area contributed by atoms with Gasteiger partial charge in [0.15, 0.2) is 11.7 Å². The van der Waals surface area contributed by atoms with Gasteiger partial charge in [-0.1, -0.05) is 94.1 Å². The van der Waals surface area contributed by atoms with Crippen molar-refractivity contribution in [2.24, 2.45) is 5.92 Å². The molecular formula is C65H66N8O12S. The monoisotopic (exact) mass is 1180 g/mol. The van der Waals surface area contributed by atoms with Gasteiger partial charge in [-0.2, -0.15) is 0 Å². The molecule has 0 saturated heterocycles. The highest BCUT2D eigenvalue weighted by Gasteiger charge is 2.46. The summed E-state index contributed by atoms with van der Waals surface area (Å²) >= 11 is 0. The lowest BCUT2D eigenvalue weighted by Gasteiger charge is -2.31. The number of unbranched alkanes of at least 4 members (excludes halogenated alkanes) is 1. The molecule has 3 aromatic heterocycles. The maximum Gasteiger partial charge on any atom is 0.411 e. The average Bonchev–Trinajstić information content (AvgIpc) is 1.51. The number of ether oxygens (including phenoxy) is 3. The van der Waals surface area contributed by atoms with Gasteiger partial charge in [0, 0.05) is 77.9 Å². The molecule has 4 amide bonds. The van der Waals surface area contributed by atoms with Gasteiger partial charge in [0.1, 0.15) is 31.0 Å². The number of benzene rings is 4. The van der Waals surface area contributed by atoms with E-state index in [9.17, 15) is 42.3 Å². The number of nitrogens with zero attached hydrogens (tertiary/aromatic N) is 5. The molecule has 0 saturated carbocycles. The Morgan fingerprint density at radius 2 is 1.59 bits per heavy atom. The van der Waals surface area contributed by atoms with Gasteiger partial charge in [0.25, 0.3) is 5.56 Å². The third-order valence-corrected chi connectivity index (χ3v) is 16.8. The molecule has 4 N–H and O–H groups in total. The van der Waals surface area contributed by atoms with Gasteiger partial charge >= 0.3 is 12.1 Å². The number of aryl methyl sites for hydroxylation is 1. The summed E-state index contributed by atoms with van der Waals surface area (Å²) in [4.78, 5) is 96.1. The average molecular weight is 1180 g/mol. The van der Waals surface area contributed by atoms with Crippen LogP contribution < -0.4 is 26.2 Å². The van der Waals surface area contributed by atoms with Gasteiger partial charge in [-0.3, -0.25) is 19.2 Å². The number of aliphatic hydroxyl groups is 1. The first-order valence-corrected chi connectivity index (χ1v) is 30.5. The number of sulfone groups is 1. The Hall–Kier alpha value is -9.26. The molecule has 0 bridgehead atoms. The Kier molecular flexibility index (Phi) is 17.2. The van der Waals surface area contributed by atoms with Crippen LogP contribution in [-0.4, -0.2) is 92.6 Å². The number of nitrogens with one attached hydrogen (secondary N) is 3. The van der Waals surface area contributed by atoms with E-state index in [0.717, 1.165) is 45.0 Å². The van der Waals surface area contributed by atoms with Crippen LogP contribution in [0.5, 0.6) is 5.75 Å². The van der Waals surface area contributed by atoms with Gasteiger partial charge in [-0.05, 0) is 103 Å². The van der Waals surface area contributed by atoms with E-state index in [1.807, 2.05) is 74.5 Å². The number of carbonyl (C=O) groups excluding carboxylic acids is 5. The maximum absolute atomic E-state index is 14.4. The molecule has 7 aromatic rings. The van der Waals surface area contributed by atoms with Crippen LogP contribution in [0.2, 0.25) is 0 Å². The zero-order valence-corrected chi connectivity index (χ0v) is 49.6. The summed E-state index contributed by atoms with van der Waals surface area (Å²) in [5.74, 6) is 3.70. The highest BCUT2D eigenvalue weighted by Crippen LogP contribution is 2.46. The normalized spacial score (nSPS) is 15.4. The minimum absolute atomic E-state index is 0.0295. The first kappa shape index (κ1) is 59.9. The smallest absolute Gasteiger partial charge is 0.411 e. The van der Waals surface area contributed by atoms with E-state index in [1.54, 1.807) is 60.6 Å². The highest BCUT2D eigenvalue weighted by molar-refractivity contribution is 7.90. The number of anilines is 1. The quantitative estimate of drug-likeness (QED) is 0.0259. The van der Waals surface area contributed by atoms with E-state index in [2.05, 4.69) is 37.8 Å². The summed E-state index contributed by atoms with van der Waals surface area (Å²) in [6, 6.07) is 26.2. The number of hydrogen-bond donors (Lipinski definition) is 4. The number of rotatable bonds is 19. The van der Waals surface area contributed by atoms with E-state index in [0.29, 0.717) is 64.3 Å². The van der Waals surface area contributed by atoms with Crippen LogP contribution in [0, 0.1) is 17.8 Å². The topological polar surface area (TPSA) is 267 Å². The van der Waals surface area contributed by atoms with E-state index < -0.39 is 57.5 Å². The maximum atomic E-state index is 14.4. The van der Waals surface area contributed by atoms with E-state index in [1.165, 1.54) is 19.3 Å². The molecule has 1 aliphatic carbocycles. The Morgan fingerprint density at radius 1 is 0.884 bits per heavy atom. The lowest BCUT2D eigenvalue weighted by molar-refractivity contribution is -0.172. The van der Waals surface area contributed by atoms with Crippen molar-refractivity contribution in [3.05, 3.63) is 164 Å². The van der Waals surface area contributed by atoms with E-state index in [-0.39, 0.29) is 79.4 Å². The molecule has 5 heterocycles. The molecule has 0 unspecified atom stereocenters. The molecular weight excluding hydrogens is 1120 g/mol. The van der Waals surface area contributed by atoms with Crippen molar-refractivity contribution in [1.82, 2.24) is 35.1 Å². The fraction of sp³-hybridized carbons (Fsp3) is 0.338. The molecule has 0 radical (unpaired) electrons.